The van der Waals surface area contributed by atoms with E-state index in [-0.39, 0.29) is 17.5 Å². The molecule has 1 amide bonds. The number of aromatic nitrogens is 3. The van der Waals surface area contributed by atoms with Crippen LogP contribution in [0.2, 0.25) is 5.02 Å². The van der Waals surface area contributed by atoms with Crippen LogP contribution < -0.4 is 5.32 Å². The zero-order chi connectivity index (χ0) is 22.5. The van der Waals surface area contributed by atoms with Gasteiger partial charge in [0.2, 0.25) is 5.91 Å². The van der Waals surface area contributed by atoms with Crippen molar-refractivity contribution in [2.24, 2.45) is 0 Å². The Morgan fingerprint density at radius 2 is 1.88 bits per heavy atom. The fourth-order valence-corrected chi connectivity index (χ4v) is 4.61. The number of amides is 1. The molecule has 0 saturated carbocycles. The number of nitrogens with zero attached hydrogens (tertiary/aromatic N) is 4. The molecule has 0 bridgehead atoms. The summed E-state index contributed by atoms with van der Waals surface area (Å²) in [5.74, 6) is 0.479. The zero-order valence-corrected chi connectivity index (χ0v) is 19.4. The van der Waals surface area contributed by atoms with E-state index in [4.69, 9.17) is 11.6 Å². The Balaban J connectivity index is 1.50. The summed E-state index contributed by atoms with van der Waals surface area (Å²) in [6, 6.07) is 11.7. The number of hydrogen-bond donors (Lipinski definition) is 1. The summed E-state index contributed by atoms with van der Waals surface area (Å²) >= 11 is 7.44. The van der Waals surface area contributed by atoms with E-state index in [1.54, 1.807) is 18.2 Å². The van der Waals surface area contributed by atoms with Crippen molar-refractivity contribution in [3.05, 3.63) is 64.7 Å². The molecule has 1 N–H and O–H groups in total. The summed E-state index contributed by atoms with van der Waals surface area (Å²) in [7, 11) is 0. The van der Waals surface area contributed by atoms with Gasteiger partial charge in [-0.3, -0.25) is 14.3 Å². The molecule has 1 aromatic heterocycles. The lowest BCUT2D eigenvalue weighted by molar-refractivity contribution is -0.113. The van der Waals surface area contributed by atoms with Crippen LogP contribution in [0.3, 0.4) is 0 Å². The highest BCUT2D eigenvalue weighted by Gasteiger charge is 2.19. The van der Waals surface area contributed by atoms with Gasteiger partial charge in [0.05, 0.1) is 12.3 Å². The number of carbonyl (C=O) groups excluding carboxylic acids is 1. The maximum atomic E-state index is 13.5. The van der Waals surface area contributed by atoms with Crippen LogP contribution in [0, 0.1) is 12.7 Å². The van der Waals surface area contributed by atoms with Crippen molar-refractivity contribution in [1.29, 1.82) is 0 Å². The summed E-state index contributed by atoms with van der Waals surface area (Å²) < 4.78 is 15.4. The number of anilines is 1. The number of nitrogens with one attached hydrogen (secondary N) is 1. The van der Waals surface area contributed by atoms with E-state index in [1.165, 1.54) is 43.2 Å². The number of carbonyl (C=O) groups is 1. The lowest BCUT2D eigenvalue weighted by Gasteiger charge is -2.26. The lowest BCUT2D eigenvalue weighted by Crippen LogP contribution is -2.30. The van der Waals surface area contributed by atoms with Crippen LogP contribution >= 0.6 is 23.4 Å². The smallest absolute Gasteiger partial charge is 0.234 e. The molecule has 0 atom stereocenters. The largest absolute Gasteiger partial charge is 0.325 e. The molecule has 0 radical (unpaired) electrons. The van der Waals surface area contributed by atoms with Crippen LogP contribution in [0.25, 0.3) is 5.69 Å². The third-order valence-electron chi connectivity index (χ3n) is 5.39. The van der Waals surface area contributed by atoms with Crippen molar-refractivity contribution < 1.29 is 9.18 Å². The van der Waals surface area contributed by atoms with Crippen molar-refractivity contribution in [3.8, 4) is 5.69 Å². The number of aryl methyl sites for hydroxylation is 1. The second kappa shape index (κ2) is 10.5. The van der Waals surface area contributed by atoms with Crippen LogP contribution in [-0.4, -0.2) is 44.4 Å². The van der Waals surface area contributed by atoms with Crippen LogP contribution in [0.15, 0.2) is 47.6 Å². The van der Waals surface area contributed by atoms with E-state index >= 15 is 0 Å². The van der Waals surface area contributed by atoms with Crippen LogP contribution in [0.5, 0.6) is 0 Å². The Kier molecular flexibility index (Phi) is 7.44. The Morgan fingerprint density at radius 3 is 2.59 bits per heavy atom. The first kappa shape index (κ1) is 22.8. The highest BCUT2D eigenvalue weighted by molar-refractivity contribution is 7.99. The van der Waals surface area contributed by atoms with Crippen LogP contribution in [0.4, 0.5) is 10.1 Å². The number of thioether (sulfide) groups is 1. The van der Waals surface area contributed by atoms with E-state index < -0.39 is 0 Å². The molecule has 2 aromatic carbocycles. The maximum Gasteiger partial charge on any atom is 0.234 e. The number of benzene rings is 2. The van der Waals surface area contributed by atoms with Gasteiger partial charge in [-0.15, -0.1) is 10.2 Å². The molecule has 0 unspecified atom stereocenters. The standard InChI is InChI=1S/C23H25ClFN5OS/c1-16-5-8-18(13-20(16)24)26-22(31)15-32-23-28-27-21(14-29-11-3-2-4-12-29)30(23)19-9-6-17(25)7-10-19/h5-10,13H,2-4,11-12,14-15H2,1H3,(H,26,31). The van der Waals surface area contributed by atoms with Gasteiger partial charge in [0.15, 0.2) is 11.0 Å². The third kappa shape index (κ3) is 5.68. The minimum Gasteiger partial charge on any atom is -0.325 e. The quantitative estimate of drug-likeness (QED) is 0.484. The normalized spacial score (nSPS) is 14.5. The molecule has 1 fully saturated rings. The zero-order valence-electron chi connectivity index (χ0n) is 17.9. The minimum atomic E-state index is -0.301. The summed E-state index contributed by atoms with van der Waals surface area (Å²) in [4.78, 5) is 14.9. The van der Waals surface area contributed by atoms with Gasteiger partial charge in [0.25, 0.3) is 0 Å². The molecule has 4 rings (SSSR count). The molecule has 1 aliphatic heterocycles. The van der Waals surface area contributed by atoms with Gasteiger partial charge in [-0.1, -0.05) is 35.9 Å². The number of halogens is 2. The van der Waals surface area contributed by atoms with Crippen molar-refractivity contribution >= 4 is 35.0 Å². The topological polar surface area (TPSA) is 63.1 Å². The fourth-order valence-electron chi connectivity index (χ4n) is 3.66. The SMILES string of the molecule is Cc1ccc(NC(=O)CSc2nnc(CN3CCCCC3)n2-c2ccc(F)cc2)cc1Cl. The van der Waals surface area contributed by atoms with Gasteiger partial charge >= 0.3 is 0 Å². The second-order valence-electron chi connectivity index (χ2n) is 7.85. The summed E-state index contributed by atoms with van der Waals surface area (Å²) in [5.41, 5.74) is 2.38. The first-order valence-corrected chi connectivity index (χ1v) is 12.0. The lowest BCUT2D eigenvalue weighted by atomic mass is 10.1. The Bertz CT molecular complexity index is 1080. The number of likely N-dealkylation sites (tertiary alicyclic amines) is 1. The maximum absolute atomic E-state index is 13.5. The highest BCUT2D eigenvalue weighted by atomic mass is 35.5. The first-order valence-electron chi connectivity index (χ1n) is 10.6. The molecule has 9 heteroatoms. The molecular formula is C23H25ClFN5OS. The molecule has 1 aliphatic rings. The highest BCUT2D eigenvalue weighted by Crippen LogP contribution is 2.25. The van der Waals surface area contributed by atoms with E-state index in [9.17, 15) is 9.18 Å². The third-order valence-corrected chi connectivity index (χ3v) is 6.72. The molecule has 1 saturated heterocycles. The first-order chi connectivity index (χ1) is 15.5. The summed E-state index contributed by atoms with van der Waals surface area (Å²) in [6.07, 6.45) is 3.61. The summed E-state index contributed by atoms with van der Waals surface area (Å²) in [5, 5.41) is 12.8. The molecule has 168 valence electrons. The minimum absolute atomic E-state index is 0.161. The average Bonchev–Trinajstić information content (AvgIpc) is 3.18. The van der Waals surface area contributed by atoms with Crippen molar-refractivity contribution in [3.63, 3.8) is 0 Å². The predicted octanol–water partition coefficient (Wildman–Crippen LogP) is 5.08. The van der Waals surface area contributed by atoms with Crippen molar-refractivity contribution in [1.82, 2.24) is 19.7 Å². The van der Waals surface area contributed by atoms with E-state index in [2.05, 4.69) is 20.4 Å². The van der Waals surface area contributed by atoms with Gasteiger partial charge in [-0.2, -0.15) is 0 Å². The molecular weight excluding hydrogens is 449 g/mol. The Morgan fingerprint density at radius 1 is 1.12 bits per heavy atom. The van der Waals surface area contributed by atoms with Gasteiger partial charge in [0, 0.05) is 16.4 Å². The molecule has 3 aromatic rings. The van der Waals surface area contributed by atoms with Gasteiger partial charge in [-0.05, 0) is 74.8 Å². The Hall–Kier alpha value is -2.42. The average molecular weight is 474 g/mol. The summed E-state index contributed by atoms with van der Waals surface area (Å²) in [6.45, 7) is 4.63. The number of hydrogen-bond acceptors (Lipinski definition) is 5. The molecule has 0 spiro atoms. The molecule has 6 nitrogen and oxygen atoms in total. The van der Waals surface area contributed by atoms with Gasteiger partial charge < -0.3 is 5.32 Å². The fraction of sp³-hybridized carbons (Fsp3) is 0.348. The van der Waals surface area contributed by atoms with E-state index in [0.717, 1.165) is 30.2 Å². The van der Waals surface area contributed by atoms with Gasteiger partial charge in [0.1, 0.15) is 5.82 Å². The monoisotopic (exact) mass is 473 g/mol. The van der Waals surface area contributed by atoms with Crippen LogP contribution in [-0.2, 0) is 11.3 Å². The molecule has 32 heavy (non-hydrogen) atoms. The predicted molar refractivity (Wildman–Crippen MR) is 126 cm³/mol. The van der Waals surface area contributed by atoms with Crippen molar-refractivity contribution in [2.45, 2.75) is 37.9 Å². The van der Waals surface area contributed by atoms with E-state index in [1.807, 2.05) is 23.6 Å². The molecule has 0 aliphatic carbocycles. The van der Waals surface area contributed by atoms with E-state index in [0.29, 0.717) is 22.4 Å². The Labute approximate surface area is 196 Å². The molecule has 2 heterocycles. The van der Waals surface area contributed by atoms with Gasteiger partial charge in [-0.25, -0.2) is 4.39 Å². The number of rotatable bonds is 7. The van der Waals surface area contributed by atoms with Crippen LogP contribution in [0.1, 0.15) is 30.7 Å². The number of piperidine rings is 1. The second-order valence-corrected chi connectivity index (χ2v) is 9.20. The van der Waals surface area contributed by atoms with Crippen molar-refractivity contribution in [2.75, 3.05) is 24.2 Å².